The van der Waals surface area contributed by atoms with E-state index in [0.717, 1.165) is 11.6 Å². The summed E-state index contributed by atoms with van der Waals surface area (Å²) in [7, 11) is -4.20. The molecule has 240 valence electrons. The van der Waals surface area contributed by atoms with E-state index in [2.05, 4.69) is 0 Å². The van der Waals surface area contributed by atoms with Crippen LogP contribution in [0.15, 0.2) is 53.0 Å². The number of halogens is 2. The first-order valence-electron chi connectivity index (χ1n) is 14.8. The predicted octanol–water partition coefficient (Wildman–Crippen LogP) is 5.17. The minimum Gasteiger partial charge on any atom is -0.449 e. The molecular weight excluding hydrogens is 614 g/mol. The van der Waals surface area contributed by atoms with Gasteiger partial charge in [0.1, 0.15) is 12.1 Å². The Morgan fingerprint density at radius 3 is 2.43 bits per heavy atom. The highest BCUT2D eigenvalue weighted by Crippen LogP contribution is 2.72. The van der Waals surface area contributed by atoms with Gasteiger partial charge in [0.2, 0.25) is 5.12 Å². The van der Waals surface area contributed by atoms with Crippen LogP contribution in [-0.2, 0) is 33.4 Å². The van der Waals surface area contributed by atoms with E-state index in [4.69, 9.17) is 8.92 Å². The van der Waals surface area contributed by atoms with Crippen molar-refractivity contribution in [3.05, 3.63) is 53.6 Å². The number of ether oxygens (including phenoxy) is 1. The number of ketones is 1. The van der Waals surface area contributed by atoms with E-state index in [1.165, 1.54) is 31.2 Å². The third-order valence-corrected chi connectivity index (χ3v) is 13.0. The molecule has 0 amide bonds. The number of aliphatic hydroxyl groups is 1. The van der Waals surface area contributed by atoms with Gasteiger partial charge in [-0.25, -0.2) is 8.78 Å². The van der Waals surface area contributed by atoms with Gasteiger partial charge in [0, 0.05) is 29.1 Å². The lowest BCUT2D eigenvalue weighted by Gasteiger charge is -2.63. The smallest absolute Gasteiger partial charge is 0.306 e. The van der Waals surface area contributed by atoms with Crippen LogP contribution in [-0.4, -0.2) is 59.9 Å². The second-order valence-corrected chi connectivity index (χ2v) is 15.5. The van der Waals surface area contributed by atoms with Gasteiger partial charge in [-0.15, -0.1) is 0 Å². The summed E-state index contributed by atoms with van der Waals surface area (Å²) in [5.74, 6) is -4.20. The fraction of sp³-hybridized carbons (Fsp3) is 0.594. The van der Waals surface area contributed by atoms with Crippen molar-refractivity contribution in [2.75, 3.05) is 5.94 Å². The van der Waals surface area contributed by atoms with Crippen LogP contribution in [0.3, 0.4) is 0 Å². The molecule has 8 nitrogen and oxygen atoms in total. The van der Waals surface area contributed by atoms with Crippen LogP contribution in [0.25, 0.3) is 0 Å². The molecule has 0 aromatic heterocycles. The van der Waals surface area contributed by atoms with Crippen LogP contribution in [0.2, 0.25) is 0 Å². The maximum atomic E-state index is 17.6. The first-order chi connectivity index (χ1) is 20.5. The van der Waals surface area contributed by atoms with Gasteiger partial charge in [0.15, 0.2) is 17.1 Å². The summed E-state index contributed by atoms with van der Waals surface area (Å²) in [5.41, 5.74) is -6.34. The number of rotatable bonds is 7. The van der Waals surface area contributed by atoms with E-state index in [-0.39, 0.29) is 36.2 Å². The van der Waals surface area contributed by atoms with E-state index in [0.29, 0.717) is 11.8 Å². The zero-order chi connectivity index (χ0) is 32.5. The van der Waals surface area contributed by atoms with Crippen molar-refractivity contribution in [2.45, 2.75) is 88.7 Å². The van der Waals surface area contributed by atoms with Crippen LogP contribution in [0.1, 0.15) is 58.9 Å². The number of alkyl halides is 2. The zero-order valence-electron chi connectivity index (χ0n) is 25.3. The number of aliphatic hydroxyl groups excluding tert-OH is 1. The molecule has 1 aromatic rings. The number of esters is 1. The third-order valence-electron chi connectivity index (χ3n) is 10.7. The van der Waals surface area contributed by atoms with Crippen molar-refractivity contribution in [3.63, 3.8) is 0 Å². The Morgan fingerprint density at radius 1 is 1.14 bits per heavy atom. The highest BCUT2D eigenvalue weighted by Gasteiger charge is 2.78. The number of benzene rings is 1. The van der Waals surface area contributed by atoms with Crippen LogP contribution in [0.4, 0.5) is 8.78 Å². The lowest BCUT2D eigenvalue weighted by atomic mass is 9.44. The van der Waals surface area contributed by atoms with Gasteiger partial charge in [-0.2, -0.15) is 8.42 Å². The number of fused-ring (bicyclic) bond motifs is 5. The summed E-state index contributed by atoms with van der Waals surface area (Å²) in [6.45, 7) is 8.22. The molecule has 5 rings (SSSR count). The van der Waals surface area contributed by atoms with Gasteiger partial charge in [-0.3, -0.25) is 18.6 Å². The van der Waals surface area contributed by atoms with Crippen molar-refractivity contribution >= 4 is 38.7 Å². The Morgan fingerprint density at radius 2 is 1.80 bits per heavy atom. The molecule has 44 heavy (non-hydrogen) atoms. The molecule has 4 aliphatic rings. The van der Waals surface area contributed by atoms with Crippen LogP contribution in [0.5, 0.6) is 0 Å². The molecule has 0 bridgehead atoms. The fourth-order valence-corrected chi connectivity index (χ4v) is 10.6. The van der Waals surface area contributed by atoms with Gasteiger partial charge >= 0.3 is 5.97 Å². The number of aryl methyl sites for hydroxylation is 1. The van der Waals surface area contributed by atoms with Gasteiger partial charge in [-0.05, 0) is 68.9 Å². The van der Waals surface area contributed by atoms with Crippen LogP contribution in [0, 0.1) is 35.5 Å². The highest BCUT2D eigenvalue weighted by atomic mass is 32.2. The third kappa shape index (κ3) is 4.65. The quantitative estimate of drug-likeness (QED) is 0.241. The Balaban J connectivity index is 1.50. The van der Waals surface area contributed by atoms with E-state index in [9.17, 15) is 27.9 Å². The topological polar surface area (TPSA) is 124 Å². The summed E-state index contributed by atoms with van der Waals surface area (Å²) in [6.07, 6.45) is -0.209. The predicted molar refractivity (Wildman–Crippen MR) is 159 cm³/mol. The molecule has 3 saturated carbocycles. The molecule has 0 heterocycles. The Hall–Kier alpha value is -2.41. The number of hydrogen-bond donors (Lipinski definition) is 1. The summed E-state index contributed by atoms with van der Waals surface area (Å²) in [6, 6.07) is 6.00. The molecule has 12 heteroatoms. The maximum absolute atomic E-state index is 17.6. The molecule has 4 aliphatic carbocycles. The normalized spacial score (nSPS) is 39.6. The van der Waals surface area contributed by atoms with Gasteiger partial charge < -0.3 is 9.84 Å². The Bertz CT molecular complexity index is 1540. The first-order valence-corrected chi connectivity index (χ1v) is 17.2. The van der Waals surface area contributed by atoms with Crippen molar-refractivity contribution in [3.8, 4) is 0 Å². The summed E-state index contributed by atoms with van der Waals surface area (Å²) < 4.78 is 70.1. The monoisotopic (exact) mass is 652 g/mol. The number of thioether (sulfide) groups is 1. The number of allylic oxidation sites excluding steroid dienone is 4. The van der Waals surface area contributed by atoms with E-state index in [1.807, 2.05) is 0 Å². The first kappa shape index (κ1) is 33.0. The molecule has 0 spiro atoms. The van der Waals surface area contributed by atoms with Gasteiger partial charge in [0.05, 0.1) is 11.0 Å². The van der Waals surface area contributed by atoms with Crippen molar-refractivity contribution in [1.29, 1.82) is 0 Å². The summed E-state index contributed by atoms with van der Waals surface area (Å²) >= 11 is 0.531. The minimum absolute atomic E-state index is 0.0142. The van der Waals surface area contributed by atoms with Crippen molar-refractivity contribution in [2.24, 2.45) is 28.6 Å². The highest BCUT2D eigenvalue weighted by molar-refractivity contribution is 8.14. The average molecular weight is 653 g/mol. The molecule has 3 fully saturated rings. The molecule has 1 N–H and O–H groups in total. The second kappa shape index (κ2) is 11.1. The maximum Gasteiger partial charge on any atom is 0.306 e. The minimum atomic E-state index is -4.20. The Kier molecular flexibility index (Phi) is 8.34. The molecule has 0 aliphatic heterocycles. The lowest BCUT2D eigenvalue weighted by molar-refractivity contribution is -0.228. The van der Waals surface area contributed by atoms with Crippen LogP contribution < -0.4 is 0 Å². The molecule has 9 atom stereocenters. The molecular formula is C32H38F2O8S2. The van der Waals surface area contributed by atoms with E-state index < -0.39 is 85.1 Å². The second-order valence-electron chi connectivity index (χ2n) is 13.0. The van der Waals surface area contributed by atoms with Crippen molar-refractivity contribution < 1.29 is 45.6 Å². The number of carbonyl (C=O) groups excluding carboxylic acids is 3. The van der Waals surface area contributed by atoms with E-state index in [1.54, 1.807) is 39.8 Å². The lowest BCUT2D eigenvalue weighted by Crippen LogP contribution is -2.70. The zero-order valence-corrected chi connectivity index (χ0v) is 27.0. The van der Waals surface area contributed by atoms with Gasteiger partial charge in [-0.1, -0.05) is 56.3 Å². The molecule has 0 unspecified atom stereocenters. The number of carbonyl (C=O) groups is 3. The largest absolute Gasteiger partial charge is 0.449 e. The SMILES string of the molecule is CCC(=O)O[C@]1(C(=O)SCOS(=O)(=O)c2ccc(C)cc2)[C@H](C)C[C@H]2[C@@H]3C[C@H](F)C4=CC(=O)C=C[C@]4(C)[C@@]3(F)[C@@H](O)C[C@@]21C. The van der Waals surface area contributed by atoms with Crippen molar-refractivity contribution in [1.82, 2.24) is 0 Å². The average Bonchev–Trinajstić information content (AvgIpc) is 3.17. The van der Waals surface area contributed by atoms with Crippen LogP contribution >= 0.6 is 11.8 Å². The summed E-state index contributed by atoms with van der Waals surface area (Å²) in [4.78, 5) is 39.1. The standard InChI is InChI=1S/C32H38F2O8S2/c1-6-27(37)42-32(28(38)43-17-41-44(39,40)21-9-7-18(2)8-10-21)19(3)13-22-23-15-25(33)24-14-20(35)11-12-29(24,4)31(23,34)26(36)16-30(22,32)5/h7-12,14,19,22-23,25-26,36H,6,13,15-17H2,1-5H3/t19-,22+,23+,25+,26+,29+,30+,31+,32+/m1/s1. The Labute approximate surface area is 260 Å². The van der Waals surface area contributed by atoms with Gasteiger partial charge in [0.25, 0.3) is 10.1 Å². The molecule has 0 radical (unpaired) electrons. The molecule has 0 saturated heterocycles. The van der Waals surface area contributed by atoms with E-state index >= 15 is 8.78 Å². The number of hydrogen-bond acceptors (Lipinski definition) is 9. The summed E-state index contributed by atoms with van der Waals surface area (Å²) in [5, 5.41) is 11.0. The molecule has 1 aromatic carbocycles. The fourth-order valence-electron chi connectivity index (χ4n) is 8.49.